The Labute approximate surface area is 125 Å². The van der Waals surface area contributed by atoms with Crippen LogP contribution in [0.3, 0.4) is 0 Å². The van der Waals surface area contributed by atoms with Crippen molar-refractivity contribution in [2.45, 2.75) is 13.3 Å². The van der Waals surface area contributed by atoms with Crippen LogP contribution in [0.15, 0.2) is 48.5 Å². The van der Waals surface area contributed by atoms with Crippen LogP contribution in [-0.4, -0.2) is 12.5 Å². The van der Waals surface area contributed by atoms with E-state index in [1.165, 1.54) is 0 Å². The van der Waals surface area contributed by atoms with Crippen LogP contribution in [-0.2, 0) is 11.2 Å². The van der Waals surface area contributed by atoms with Crippen molar-refractivity contribution >= 4 is 11.6 Å². The van der Waals surface area contributed by atoms with Crippen molar-refractivity contribution in [2.24, 2.45) is 5.73 Å². The highest BCUT2D eigenvalue weighted by atomic mass is 16.1. The maximum atomic E-state index is 12.1. The molecule has 106 valence electrons. The van der Waals surface area contributed by atoms with Crippen molar-refractivity contribution in [3.05, 3.63) is 65.2 Å². The van der Waals surface area contributed by atoms with E-state index in [2.05, 4.69) is 17.2 Å². The molecular weight excluding hydrogens is 260 g/mol. The number of carbonyl (C=O) groups excluding carboxylic acids is 1. The van der Waals surface area contributed by atoms with E-state index in [9.17, 15) is 4.79 Å². The average molecular weight is 278 g/mol. The van der Waals surface area contributed by atoms with Gasteiger partial charge in [-0.3, -0.25) is 4.79 Å². The van der Waals surface area contributed by atoms with Crippen LogP contribution in [0.1, 0.15) is 16.7 Å². The monoisotopic (exact) mass is 278 g/mol. The molecule has 0 aliphatic carbocycles. The minimum absolute atomic E-state index is 0.0375. The molecule has 0 spiro atoms. The molecule has 2 aromatic rings. The molecular formula is C18H18N2O. The minimum Gasteiger partial charge on any atom is -0.326 e. The maximum absolute atomic E-state index is 12.1. The molecule has 0 radical (unpaired) electrons. The van der Waals surface area contributed by atoms with Gasteiger partial charge in [0.25, 0.3) is 0 Å². The minimum atomic E-state index is -0.0375. The van der Waals surface area contributed by atoms with Crippen LogP contribution < -0.4 is 11.1 Å². The van der Waals surface area contributed by atoms with Gasteiger partial charge < -0.3 is 11.1 Å². The Morgan fingerprint density at radius 3 is 2.67 bits per heavy atom. The lowest BCUT2D eigenvalue weighted by Crippen LogP contribution is -2.14. The summed E-state index contributed by atoms with van der Waals surface area (Å²) < 4.78 is 0. The number of nitrogens with one attached hydrogen (secondary N) is 1. The van der Waals surface area contributed by atoms with Crippen LogP contribution in [0.4, 0.5) is 5.69 Å². The Bertz CT molecular complexity index is 681. The van der Waals surface area contributed by atoms with Gasteiger partial charge in [0.05, 0.1) is 13.0 Å². The van der Waals surface area contributed by atoms with Crippen LogP contribution in [0.2, 0.25) is 0 Å². The molecule has 3 heteroatoms. The number of benzene rings is 2. The van der Waals surface area contributed by atoms with E-state index in [1.807, 2.05) is 55.5 Å². The van der Waals surface area contributed by atoms with Gasteiger partial charge in [-0.15, -0.1) is 0 Å². The lowest BCUT2D eigenvalue weighted by Gasteiger charge is -2.07. The van der Waals surface area contributed by atoms with Crippen molar-refractivity contribution in [1.82, 2.24) is 0 Å². The molecule has 3 nitrogen and oxygen atoms in total. The SMILES string of the molecule is Cc1cc(C#CCN)cc(NC(=O)Cc2ccccc2)c1. The summed E-state index contributed by atoms with van der Waals surface area (Å²) in [5.41, 5.74) is 9.04. The zero-order valence-electron chi connectivity index (χ0n) is 12.0. The zero-order valence-corrected chi connectivity index (χ0v) is 12.0. The summed E-state index contributed by atoms with van der Waals surface area (Å²) in [5.74, 6) is 5.76. The highest BCUT2D eigenvalue weighted by Gasteiger charge is 2.05. The lowest BCUT2D eigenvalue weighted by atomic mass is 10.1. The van der Waals surface area contributed by atoms with E-state index >= 15 is 0 Å². The van der Waals surface area contributed by atoms with E-state index in [1.54, 1.807) is 0 Å². The van der Waals surface area contributed by atoms with Gasteiger partial charge in [0, 0.05) is 11.3 Å². The third-order valence-electron chi connectivity index (χ3n) is 2.90. The van der Waals surface area contributed by atoms with Gasteiger partial charge in [-0.05, 0) is 36.2 Å². The second-order valence-electron chi connectivity index (χ2n) is 4.80. The van der Waals surface area contributed by atoms with Crippen molar-refractivity contribution in [3.63, 3.8) is 0 Å². The molecule has 0 aliphatic heterocycles. The molecule has 0 saturated carbocycles. The van der Waals surface area contributed by atoms with E-state index in [0.29, 0.717) is 13.0 Å². The molecule has 1 amide bonds. The van der Waals surface area contributed by atoms with Crippen LogP contribution in [0, 0.1) is 18.8 Å². The van der Waals surface area contributed by atoms with Gasteiger partial charge in [-0.1, -0.05) is 42.2 Å². The Balaban J connectivity index is 2.08. The predicted molar refractivity (Wildman–Crippen MR) is 85.9 cm³/mol. The summed E-state index contributed by atoms with van der Waals surface area (Å²) in [6, 6.07) is 15.4. The van der Waals surface area contributed by atoms with Gasteiger partial charge >= 0.3 is 0 Å². The van der Waals surface area contributed by atoms with Crippen LogP contribution in [0.5, 0.6) is 0 Å². The Hall–Kier alpha value is -2.57. The first-order valence-electron chi connectivity index (χ1n) is 6.82. The fraction of sp³-hybridized carbons (Fsp3) is 0.167. The zero-order chi connectivity index (χ0) is 15.1. The fourth-order valence-electron chi connectivity index (χ4n) is 2.07. The number of hydrogen-bond acceptors (Lipinski definition) is 2. The van der Waals surface area contributed by atoms with Gasteiger partial charge in [-0.2, -0.15) is 0 Å². The van der Waals surface area contributed by atoms with Gasteiger partial charge in [0.15, 0.2) is 0 Å². The number of nitrogens with two attached hydrogens (primary N) is 1. The van der Waals surface area contributed by atoms with Crippen molar-refractivity contribution in [1.29, 1.82) is 0 Å². The quantitative estimate of drug-likeness (QED) is 0.848. The normalized spacial score (nSPS) is 9.62. The highest BCUT2D eigenvalue weighted by molar-refractivity contribution is 5.92. The van der Waals surface area contributed by atoms with Crippen molar-refractivity contribution in [3.8, 4) is 11.8 Å². The van der Waals surface area contributed by atoms with E-state index in [4.69, 9.17) is 5.73 Å². The second kappa shape index (κ2) is 7.28. The Morgan fingerprint density at radius 1 is 1.19 bits per heavy atom. The fourth-order valence-corrected chi connectivity index (χ4v) is 2.07. The molecule has 0 aliphatic rings. The first-order valence-corrected chi connectivity index (χ1v) is 6.82. The molecule has 0 heterocycles. The summed E-state index contributed by atoms with van der Waals surface area (Å²) in [7, 11) is 0. The number of rotatable bonds is 3. The third kappa shape index (κ3) is 4.79. The predicted octanol–water partition coefficient (Wildman–Crippen LogP) is 2.49. The molecule has 0 unspecified atom stereocenters. The summed E-state index contributed by atoms with van der Waals surface area (Å²) in [6.07, 6.45) is 0.360. The van der Waals surface area contributed by atoms with Crippen molar-refractivity contribution in [2.75, 3.05) is 11.9 Å². The summed E-state index contributed by atoms with van der Waals surface area (Å²) >= 11 is 0. The number of hydrogen-bond donors (Lipinski definition) is 2. The lowest BCUT2D eigenvalue weighted by molar-refractivity contribution is -0.115. The first-order chi connectivity index (χ1) is 10.2. The highest BCUT2D eigenvalue weighted by Crippen LogP contribution is 2.14. The smallest absolute Gasteiger partial charge is 0.228 e. The van der Waals surface area contributed by atoms with E-state index in [0.717, 1.165) is 22.4 Å². The molecule has 3 N–H and O–H groups in total. The topological polar surface area (TPSA) is 55.1 Å². The largest absolute Gasteiger partial charge is 0.326 e. The van der Waals surface area contributed by atoms with Crippen molar-refractivity contribution < 1.29 is 4.79 Å². The molecule has 2 aromatic carbocycles. The standard InChI is InChI=1S/C18H18N2O/c1-14-10-16(8-5-9-19)12-17(11-14)20-18(21)13-15-6-3-2-4-7-15/h2-4,6-7,10-12H,9,13,19H2,1H3,(H,20,21). The van der Waals surface area contributed by atoms with Crippen LogP contribution >= 0.6 is 0 Å². The molecule has 0 atom stereocenters. The molecule has 0 fully saturated rings. The maximum Gasteiger partial charge on any atom is 0.228 e. The average Bonchev–Trinajstić information content (AvgIpc) is 2.45. The first kappa shape index (κ1) is 14.8. The Morgan fingerprint density at radius 2 is 1.95 bits per heavy atom. The molecule has 21 heavy (non-hydrogen) atoms. The van der Waals surface area contributed by atoms with Gasteiger partial charge in [0.1, 0.15) is 0 Å². The number of aryl methyl sites for hydroxylation is 1. The molecule has 0 aromatic heterocycles. The Kier molecular flexibility index (Phi) is 5.14. The number of anilines is 1. The second-order valence-corrected chi connectivity index (χ2v) is 4.80. The van der Waals surface area contributed by atoms with E-state index in [-0.39, 0.29) is 5.91 Å². The molecule has 2 rings (SSSR count). The molecule has 0 saturated heterocycles. The van der Waals surface area contributed by atoms with Gasteiger partial charge in [-0.25, -0.2) is 0 Å². The summed E-state index contributed by atoms with van der Waals surface area (Å²) in [5, 5.41) is 2.91. The summed E-state index contributed by atoms with van der Waals surface area (Å²) in [6.45, 7) is 2.30. The molecule has 0 bridgehead atoms. The van der Waals surface area contributed by atoms with E-state index < -0.39 is 0 Å². The number of carbonyl (C=O) groups is 1. The third-order valence-corrected chi connectivity index (χ3v) is 2.90. The van der Waals surface area contributed by atoms with Gasteiger partial charge in [0.2, 0.25) is 5.91 Å². The number of amides is 1. The summed E-state index contributed by atoms with van der Waals surface area (Å²) in [4.78, 5) is 12.1. The van der Waals surface area contributed by atoms with Crippen LogP contribution in [0.25, 0.3) is 0 Å².